The molecule has 8 heteroatoms. The molecule has 0 N–H and O–H groups in total. The maximum Gasteiger partial charge on any atom is 0.357 e. The van der Waals surface area contributed by atoms with Gasteiger partial charge < -0.3 is 14.4 Å². The number of carbonyl (C=O) groups is 2. The summed E-state index contributed by atoms with van der Waals surface area (Å²) in [4.78, 5) is 30.4. The molecule has 4 rings (SSSR count). The summed E-state index contributed by atoms with van der Waals surface area (Å²) in [5.74, 6) is -1.30. The van der Waals surface area contributed by atoms with Gasteiger partial charge in [-0.3, -0.25) is 4.90 Å². The van der Waals surface area contributed by atoms with Gasteiger partial charge in [0.1, 0.15) is 11.3 Å². The van der Waals surface area contributed by atoms with Crippen molar-refractivity contribution in [3.05, 3.63) is 71.4 Å². The molecular weight excluding hydrogens is 432 g/mol. The highest BCUT2D eigenvalue weighted by atomic mass is 16.5. The maximum absolute atomic E-state index is 12.8. The van der Waals surface area contributed by atoms with E-state index in [-0.39, 0.29) is 11.3 Å². The largest absolute Gasteiger partial charge is 0.465 e. The van der Waals surface area contributed by atoms with Crippen LogP contribution in [0.15, 0.2) is 54.6 Å². The Kier molecular flexibility index (Phi) is 7.40. The number of para-hydroxylation sites is 1. The van der Waals surface area contributed by atoms with E-state index >= 15 is 0 Å². The Morgan fingerprint density at radius 3 is 2.06 bits per heavy atom. The van der Waals surface area contributed by atoms with Crippen molar-refractivity contribution in [1.29, 1.82) is 0 Å². The standard InChI is InChI=1S/C26H30N4O4/c1-4-28-14-16-29(17-15-28)18-19-10-12-20(13-11-19)23-22(25(31)33-2)24(26(32)34-3)30(27-23)21-8-6-5-7-9-21/h5-13H,4,14-18H2,1-3H3. The molecule has 178 valence electrons. The number of benzene rings is 2. The van der Waals surface area contributed by atoms with Crippen molar-refractivity contribution >= 4 is 11.9 Å². The number of methoxy groups -OCH3 is 2. The summed E-state index contributed by atoms with van der Waals surface area (Å²) in [6.07, 6.45) is 0. The molecule has 2 heterocycles. The van der Waals surface area contributed by atoms with Gasteiger partial charge in [-0.15, -0.1) is 0 Å². The third-order valence-corrected chi connectivity index (χ3v) is 6.20. The molecule has 3 aromatic rings. The number of esters is 2. The molecule has 2 aromatic carbocycles. The molecule has 0 spiro atoms. The van der Waals surface area contributed by atoms with Crippen LogP contribution < -0.4 is 0 Å². The Morgan fingerprint density at radius 1 is 0.853 bits per heavy atom. The molecule has 0 bridgehead atoms. The molecule has 0 amide bonds. The average Bonchev–Trinajstić information content (AvgIpc) is 3.30. The summed E-state index contributed by atoms with van der Waals surface area (Å²) in [5, 5.41) is 4.65. The van der Waals surface area contributed by atoms with Gasteiger partial charge in [0.05, 0.1) is 19.9 Å². The zero-order chi connectivity index (χ0) is 24.1. The monoisotopic (exact) mass is 462 g/mol. The van der Waals surface area contributed by atoms with Crippen LogP contribution in [0.4, 0.5) is 0 Å². The number of aromatic nitrogens is 2. The molecule has 0 radical (unpaired) electrons. The Labute approximate surface area is 199 Å². The van der Waals surface area contributed by atoms with Crippen LogP contribution in [-0.4, -0.2) is 78.5 Å². The molecule has 1 saturated heterocycles. The minimum absolute atomic E-state index is 0.0356. The van der Waals surface area contributed by atoms with Crippen LogP contribution in [0.1, 0.15) is 33.3 Å². The van der Waals surface area contributed by atoms with Crippen LogP contribution in [0.2, 0.25) is 0 Å². The number of hydrogen-bond acceptors (Lipinski definition) is 7. The Morgan fingerprint density at radius 2 is 1.47 bits per heavy atom. The lowest BCUT2D eigenvalue weighted by Gasteiger charge is -2.34. The number of hydrogen-bond donors (Lipinski definition) is 0. The molecule has 34 heavy (non-hydrogen) atoms. The quantitative estimate of drug-likeness (QED) is 0.499. The normalized spacial score (nSPS) is 14.7. The van der Waals surface area contributed by atoms with Gasteiger partial charge in [-0.05, 0) is 24.2 Å². The van der Waals surface area contributed by atoms with Crippen molar-refractivity contribution in [3.8, 4) is 16.9 Å². The first kappa shape index (κ1) is 23.7. The van der Waals surface area contributed by atoms with Gasteiger partial charge in [0.25, 0.3) is 0 Å². The van der Waals surface area contributed by atoms with Gasteiger partial charge in [0.15, 0.2) is 5.69 Å². The molecule has 1 aliphatic rings. The van der Waals surface area contributed by atoms with Crippen molar-refractivity contribution in [3.63, 3.8) is 0 Å². The maximum atomic E-state index is 12.8. The van der Waals surface area contributed by atoms with Gasteiger partial charge in [0.2, 0.25) is 0 Å². The number of piperazine rings is 1. The Hall–Kier alpha value is -3.49. The van der Waals surface area contributed by atoms with Crippen molar-refractivity contribution in [2.45, 2.75) is 13.5 Å². The summed E-state index contributed by atoms with van der Waals surface area (Å²) < 4.78 is 11.4. The van der Waals surface area contributed by atoms with E-state index in [2.05, 4.69) is 21.8 Å². The van der Waals surface area contributed by atoms with Gasteiger partial charge in [-0.1, -0.05) is 49.4 Å². The summed E-state index contributed by atoms with van der Waals surface area (Å²) >= 11 is 0. The summed E-state index contributed by atoms with van der Waals surface area (Å²) in [5.41, 5.74) is 3.04. The second-order valence-electron chi connectivity index (χ2n) is 8.21. The molecule has 1 fully saturated rings. The van der Waals surface area contributed by atoms with E-state index in [1.165, 1.54) is 24.5 Å². The van der Waals surface area contributed by atoms with Gasteiger partial charge >= 0.3 is 11.9 Å². The lowest BCUT2D eigenvalue weighted by atomic mass is 10.0. The lowest BCUT2D eigenvalue weighted by molar-refractivity contribution is 0.0549. The molecule has 1 aliphatic heterocycles. The predicted molar refractivity (Wildman–Crippen MR) is 129 cm³/mol. The van der Waals surface area contributed by atoms with E-state index in [9.17, 15) is 9.59 Å². The molecule has 0 atom stereocenters. The lowest BCUT2D eigenvalue weighted by Crippen LogP contribution is -2.45. The van der Waals surface area contributed by atoms with E-state index in [0.717, 1.165) is 44.8 Å². The fraction of sp³-hybridized carbons (Fsp3) is 0.346. The second-order valence-corrected chi connectivity index (χ2v) is 8.21. The summed E-state index contributed by atoms with van der Waals surface area (Å²) in [7, 11) is 2.56. The number of carbonyl (C=O) groups excluding carboxylic acids is 2. The Balaban J connectivity index is 1.69. The average molecular weight is 463 g/mol. The molecule has 1 aromatic heterocycles. The third-order valence-electron chi connectivity index (χ3n) is 6.20. The van der Waals surface area contributed by atoms with Crippen molar-refractivity contribution in [2.24, 2.45) is 0 Å². The smallest absolute Gasteiger partial charge is 0.357 e. The van der Waals surface area contributed by atoms with E-state index in [4.69, 9.17) is 9.47 Å². The Bertz CT molecular complexity index is 1130. The second kappa shape index (κ2) is 10.6. The van der Waals surface area contributed by atoms with Crippen molar-refractivity contribution in [2.75, 3.05) is 46.9 Å². The molecule has 0 aliphatic carbocycles. The van der Waals surface area contributed by atoms with E-state index in [1.807, 2.05) is 54.6 Å². The predicted octanol–water partition coefficient (Wildman–Crippen LogP) is 3.25. The van der Waals surface area contributed by atoms with Crippen molar-refractivity contribution in [1.82, 2.24) is 19.6 Å². The van der Waals surface area contributed by atoms with Crippen LogP contribution in [0, 0.1) is 0 Å². The van der Waals surface area contributed by atoms with Gasteiger partial charge in [-0.25, -0.2) is 14.3 Å². The molecule has 0 saturated carbocycles. The third kappa shape index (κ3) is 4.88. The van der Waals surface area contributed by atoms with Gasteiger partial charge in [0, 0.05) is 38.3 Å². The molecule has 8 nitrogen and oxygen atoms in total. The SMILES string of the molecule is CCN1CCN(Cc2ccc(-c3nn(-c4ccccc4)c(C(=O)OC)c3C(=O)OC)cc2)CC1. The first-order valence-electron chi connectivity index (χ1n) is 11.4. The highest BCUT2D eigenvalue weighted by Gasteiger charge is 2.31. The van der Waals surface area contributed by atoms with Crippen LogP contribution in [0.25, 0.3) is 16.9 Å². The fourth-order valence-corrected chi connectivity index (χ4v) is 4.25. The fourth-order valence-electron chi connectivity index (χ4n) is 4.25. The number of nitrogens with zero attached hydrogens (tertiary/aromatic N) is 4. The van der Waals surface area contributed by atoms with Crippen LogP contribution in [-0.2, 0) is 16.0 Å². The minimum Gasteiger partial charge on any atom is -0.465 e. The molecular formula is C26H30N4O4. The number of likely N-dealkylation sites (N-methyl/N-ethyl adjacent to an activating group) is 1. The van der Waals surface area contributed by atoms with Gasteiger partial charge in [-0.2, -0.15) is 5.10 Å². The van der Waals surface area contributed by atoms with Crippen LogP contribution in [0.3, 0.4) is 0 Å². The highest BCUT2D eigenvalue weighted by Crippen LogP contribution is 2.29. The number of ether oxygens (including phenoxy) is 2. The first-order valence-corrected chi connectivity index (χ1v) is 11.4. The number of rotatable bonds is 7. The van der Waals surface area contributed by atoms with Crippen molar-refractivity contribution < 1.29 is 19.1 Å². The zero-order valence-corrected chi connectivity index (χ0v) is 19.9. The topological polar surface area (TPSA) is 76.9 Å². The molecule has 0 unspecified atom stereocenters. The van der Waals surface area contributed by atoms with E-state index < -0.39 is 11.9 Å². The van der Waals surface area contributed by atoms with E-state index in [0.29, 0.717) is 11.4 Å². The zero-order valence-electron chi connectivity index (χ0n) is 19.9. The summed E-state index contributed by atoms with van der Waals surface area (Å²) in [6.45, 7) is 8.43. The van der Waals surface area contributed by atoms with Crippen LogP contribution in [0.5, 0.6) is 0 Å². The summed E-state index contributed by atoms with van der Waals surface area (Å²) in [6, 6.07) is 17.1. The minimum atomic E-state index is -0.661. The highest BCUT2D eigenvalue weighted by molar-refractivity contribution is 6.06. The van der Waals surface area contributed by atoms with Crippen LogP contribution >= 0.6 is 0 Å². The van der Waals surface area contributed by atoms with E-state index in [1.54, 1.807) is 0 Å². The first-order chi connectivity index (χ1) is 16.5.